The summed E-state index contributed by atoms with van der Waals surface area (Å²) in [4.78, 5) is 35.4. The second kappa shape index (κ2) is 12.2. The molecule has 0 bridgehead atoms. The van der Waals surface area contributed by atoms with Crippen molar-refractivity contribution in [2.75, 3.05) is 5.32 Å². The molecule has 0 saturated heterocycles. The molecule has 0 aliphatic heterocycles. The fourth-order valence-electron chi connectivity index (χ4n) is 4.78. The molecule has 204 valence electrons. The Morgan fingerprint density at radius 1 is 1.05 bits per heavy atom. The SMILES string of the molecule is Cc1ccc2[nH]c(Nc3ccc(-c4ccc(C(=O)CC(CCc5ccccc5)C(=O)O)cc4)nc3)c(N=[N+]=[N-])c2c1. The number of carbonyl (C=O) groups is 2. The Morgan fingerprint density at radius 2 is 1.83 bits per heavy atom. The van der Waals surface area contributed by atoms with Crippen molar-refractivity contribution in [2.45, 2.75) is 26.2 Å². The van der Waals surface area contributed by atoms with Crippen molar-refractivity contribution in [2.24, 2.45) is 11.0 Å². The van der Waals surface area contributed by atoms with Crippen LogP contribution in [0.5, 0.6) is 0 Å². The van der Waals surface area contributed by atoms with Crippen molar-refractivity contribution in [3.8, 4) is 11.3 Å². The van der Waals surface area contributed by atoms with Crippen molar-refractivity contribution in [3.63, 3.8) is 0 Å². The van der Waals surface area contributed by atoms with Crippen molar-refractivity contribution in [1.82, 2.24) is 9.97 Å². The Morgan fingerprint density at radius 3 is 2.51 bits per heavy atom. The molecule has 0 radical (unpaired) electrons. The predicted molar refractivity (Wildman–Crippen MR) is 160 cm³/mol. The zero-order valence-corrected chi connectivity index (χ0v) is 22.4. The third kappa shape index (κ3) is 6.43. The highest BCUT2D eigenvalue weighted by Gasteiger charge is 2.22. The number of nitrogens with one attached hydrogen (secondary N) is 2. The Labute approximate surface area is 236 Å². The summed E-state index contributed by atoms with van der Waals surface area (Å²) in [6.45, 7) is 1.98. The molecule has 0 amide bonds. The minimum Gasteiger partial charge on any atom is -0.481 e. The molecule has 1 atom stereocenters. The van der Waals surface area contributed by atoms with Gasteiger partial charge in [-0.3, -0.25) is 14.6 Å². The molecule has 2 heterocycles. The van der Waals surface area contributed by atoms with Crippen LogP contribution in [0.25, 0.3) is 32.6 Å². The minimum atomic E-state index is -0.960. The van der Waals surface area contributed by atoms with Crippen molar-refractivity contribution in [1.29, 1.82) is 0 Å². The molecule has 0 aliphatic rings. The van der Waals surface area contributed by atoms with Gasteiger partial charge in [0.25, 0.3) is 0 Å². The number of ketones is 1. The molecule has 0 fully saturated rings. The Kier molecular flexibility index (Phi) is 8.08. The van der Waals surface area contributed by atoms with Gasteiger partial charge in [0.05, 0.1) is 29.2 Å². The number of anilines is 2. The van der Waals surface area contributed by atoms with E-state index in [0.29, 0.717) is 41.3 Å². The topological polar surface area (TPSA) is 144 Å². The number of aromatic nitrogens is 2. The van der Waals surface area contributed by atoms with Gasteiger partial charge in [-0.15, -0.1) is 0 Å². The number of Topliss-reactive ketones (excluding diaryl/α,β-unsaturated/α-hetero) is 1. The number of rotatable bonds is 11. The van der Waals surface area contributed by atoms with E-state index < -0.39 is 11.9 Å². The number of nitrogens with zero attached hydrogens (tertiary/aromatic N) is 4. The molecule has 0 saturated carbocycles. The van der Waals surface area contributed by atoms with Crippen LogP contribution in [0.2, 0.25) is 0 Å². The minimum absolute atomic E-state index is 0.0503. The largest absolute Gasteiger partial charge is 0.481 e. The van der Waals surface area contributed by atoms with E-state index in [2.05, 4.69) is 25.3 Å². The monoisotopic (exact) mass is 544 g/mol. The maximum atomic E-state index is 12.9. The van der Waals surface area contributed by atoms with Crippen LogP contribution in [0, 0.1) is 12.8 Å². The summed E-state index contributed by atoms with van der Waals surface area (Å²) in [6, 6.07) is 26.3. The molecule has 41 heavy (non-hydrogen) atoms. The van der Waals surface area contributed by atoms with Gasteiger partial charge < -0.3 is 15.4 Å². The zero-order chi connectivity index (χ0) is 28.8. The second-order valence-corrected chi connectivity index (χ2v) is 9.91. The molecule has 1 unspecified atom stereocenters. The lowest BCUT2D eigenvalue weighted by molar-refractivity contribution is -0.141. The number of azide groups is 1. The van der Waals surface area contributed by atoms with Gasteiger partial charge in [-0.2, -0.15) is 0 Å². The van der Waals surface area contributed by atoms with Crippen LogP contribution < -0.4 is 5.32 Å². The molecular formula is C32H28N6O3. The Hall–Kier alpha value is -5.40. The van der Waals surface area contributed by atoms with E-state index in [9.17, 15) is 14.7 Å². The average molecular weight is 545 g/mol. The summed E-state index contributed by atoms with van der Waals surface area (Å²) in [5, 5.41) is 17.6. The first-order valence-electron chi connectivity index (χ1n) is 13.2. The second-order valence-electron chi connectivity index (χ2n) is 9.91. The maximum absolute atomic E-state index is 12.9. The quantitative estimate of drug-likeness (QED) is 0.0665. The number of hydrogen-bond donors (Lipinski definition) is 3. The van der Waals surface area contributed by atoms with Gasteiger partial charge in [-0.25, -0.2) is 0 Å². The first kappa shape index (κ1) is 27.2. The van der Waals surface area contributed by atoms with E-state index in [1.54, 1.807) is 18.3 Å². The van der Waals surface area contributed by atoms with Gasteiger partial charge in [0.15, 0.2) is 5.78 Å². The first-order chi connectivity index (χ1) is 19.9. The Bertz CT molecular complexity index is 1740. The number of fused-ring (bicyclic) bond motifs is 1. The third-order valence-corrected chi connectivity index (χ3v) is 7.01. The number of carboxylic acids is 1. The van der Waals surface area contributed by atoms with E-state index >= 15 is 0 Å². The first-order valence-corrected chi connectivity index (χ1v) is 13.2. The highest BCUT2D eigenvalue weighted by atomic mass is 16.4. The van der Waals surface area contributed by atoms with E-state index in [-0.39, 0.29) is 12.2 Å². The zero-order valence-electron chi connectivity index (χ0n) is 22.4. The number of aryl methyl sites for hydroxylation is 2. The number of benzene rings is 3. The lowest BCUT2D eigenvalue weighted by Gasteiger charge is -2.12. The lowest BCUT2D eigenvalue weighted by Crippen LogP contribution is -2.19. The molecular weight excluding hydrogens is 516 g/mol. The molecule has 2 aromatic heterocycles. The highest BCUT2D eigenvalue weighted by Crippen LogP contribution is 2.36. The number of carbonyl (C=O) groups excluding carboxylic acids is 1. The summed E-state index contributed by atoms with van der Waals surface area (Å²) in [5.41, 5.74) is 15.2. The summed E-state index contributed by atoms with van der Waals surface area (Å²) < 4.78 is 0. The smallest absolute Gasteiger partial charge is 0.306 e. The highest BCUT2D eigenvalue weighted by molar-refractivity contribution is 5.99. The Balaban J connectivity index is 1.25. The fourth-order valence-corrected chi connectivity index (χ4v) is 4.78. The van der Waals surface area contributed by atoms with Gasteiger partial charge in [0, 0.05) is 33.4 Å². The number of aromatic amines is 1. The number of hydrogen-bond acceptors (Lipinski definition) is 5. The van der Waals surface area contributed by atoms with Gasteiger partial charge in [0.1, 0.15) is 5.82 Å². The molecule has 3 N–H and O–H groups in total. The number of aliphatic carboxylic acids is 1. The van der Waals surface area contributed by atoms with Crippen molar-refractivity contribution < 1.29 is 14.7 Å². The average Bonchev–Trinajstić information content (AvgIpc) is 3.32. The van der Waals surface area contributed by atoms with Crippen LogP contribution in [-0.2, 0) is 11.2 Å². The van der Waals surface area contributed by atoms with Crippen LogP contribution in [0.15, 0.2) is 96.2 Å². The van der Waals surface area contributed by atoms with E-state index in [0.717, 1.165) is 27.6 Å². The summed E-state index contributed by atoms with van der Waals surface area (Å²) in [7, 11) is 0. The number of H-pyrrole nitrogens is 1. The molecule has 5 aromatic rings. The summed E-state index contributed by atoms with van der Waals surface area (Å²) in [6.07, 6.45) is 2.63. The van der Waals surface area contributed by atoms with Crippen LogP contribution >= 0.6 is 0 Å². The normalized spacial score (nSPS) is 11.5. The van der Waals surface area contributed by atoms with Gasteiger partial charge >= 0.3 is 5.97 Å². The van der Waals surface area contributed by atoms with Gasteiger partial charge in [-0.05, 0) is 55.1 Å². The third-order valence-electron chi connectivity index (χ3n) is 7.01. The summed E-state index contributed by atoms with van der Waals surface area (Å²) in [5.74, 6) is -1.33. The predicted octanol–water partition coefficient (Wildman–Crippen LogP) is 8.13. The van der Waals surface area contributed by atoms with Gasteiger partial charge in [-0.1, -0.05) is 71.3 Å². The number of carboxylic acid groups (broad SMARTS) is 1. The molecule has 0 spiro atoms. The van der Waals surface area contributed by atoms with E-state index in [4.69, 9.17) is 5.53 Å². The van der Waals surface area contributed by atoms with Crippen LogP contribution in [0.1, 0.15) is 34.3 Å². The molecule has 9 nitrogen and oxygen atoms in total. The van der Waals surface area contributed by atoms with Crippen LogP contribution in [0.3, 0.4) is 0 Å². The van der Waals surface area contributed by atoms with E-state index in [1.165, 1.54) is 0 Å². The fraction of sp³-hybridized carbons (Fsp3) is 0.156. The summed E-state index contributed by atoms with van der Waals surface area (Å²) >= 11 is 0. The molecule has 3 aromatic carbocycles. The van der Waals surface area contributed by atoms with Crippen LogP contribution in [0.4, 0.5) is 17.2 Å². The van der Waals surface area contributed by atoms with Gasteiger partial charge in [0.2, 0.25) is 0 Å². The van der Waals surface area contributed by atoms with E-state index in [1.807, 2.05) is 79.7 Å². The standard InChI is InChI=1S/C32H28N6O3/c1-20-7-15-28-26(17-20)30(37-38-33)31(36-28)35-25-14-16-27(34-19-25)22-10-12-23(13-11-22)29(39)18-24(32(40)41)9-8-21-5-3-2-4-6-21/h2-7,10-17,19,24,35-36H,8-9,18H2,1H3,(H,40,41). The lowest BCUT2D eigenvalue weighted by atomic mass is 9.92. The molecule has 0 aliphatic carbocycles. The van der Waals surface area contributed by atoms with Crippen LogP contribution in [-0.4, -0.2) is 26.8 Å². The molecule has 5 rings (SSSR count). The van der Waals surface area contributed by atoms with Crippen molar-refractivity contribution in [3.05, 3.63) is 118 Å². The molecule has 9 heteroatoms. The number of pyridine rings is 1. The maximum Gasteiger partial charge on any atom is 0.306 e. The van der Waals surface area contributed by atoms with Crippen molar-refractivity contribution >= 4 is 39.8 Å².